The molecule has 1 saturated heterocycles. The zero-order valence-electron chi connectivity index (χ0n) is 13.3. The van der Waals surface area contributed by atoms with Crippen LogP contribution in [0.25, 0.3) is 0 Å². The van der Waals surface area contributed by atoms with Crippen molar-refractivity contribution in [3.05, 3.63) is 84.4 Å². The number of nitrogens with one attached hydrogen (secondary N) is 1. The summed E-state index contributed by atoms with van der Waals surface area (Å²) in [6.45, 7) is 0. The van der Waals surface area contributed by atoms with E-state index in [2.05, 4.69) is 57.3 Å². The average molecular weight is 334 g/mol. The summed E-state index contributed by atoms with van der Waals surface area (Å²) in [5.74, 6) is 0. The molecule has 1 fully saturated rings. The third-order valence-corrected chi connectivity index (χ3v) is 4.73. The Morgan fingerprint density at radius 3 is 2.46 bits per heavy atom. The molecule has 0 bridgehead atoms. The number of aromatic nitrogens is 2. The fourth-order valence-electron chi connectivity index (χ4n) is 3.30. The van der Waals surface area contributed by atoms with Gasteiger partial charge in [-0.3, -0.25) is 4.98 Å². The van der Waals surface area contributed by atoms with E-state index < -0.39 is 0 Å². The van der Waals surface area contributed by atoms with Crippen LogP contribution in [0.5, 0.6) is 0 Å². The number of para-hydroxylation sites is 1. The lowest BCUT2D eigenvalue weighted by Crippen LogP contribution is -2.30. The molecule has 24 heavy (non-hydrogen) atoms. The number of thiocarbonyl (C=S) groups is 1. The summed E-state index contributed by atoms with van der Waals surface area (Å²) in [6, 6.07) is 20.5. The molecule has 2 aromatic heterocycles. The number of rotatable bonds is 3. The van der Waals surface area contributed by atoms with E-state index in [0.29, 0.717) is 0 Å². The summed E-state index contributed by atoms with van der Waals surface area (Å²) >= 11 is 5.67. The zero-order chi connectivity index (χ0) is 16.5. The van der Waals surface area contributed by atoms with E-state index >= 15 is 0 Å². The molecule has 1 aromatic carbocycles. The first kappa shape index (κ1) is 14.9. The lowest BCUT2D eigenvalue weighted by atomic mass is 10.0. The monoisotopic (exact) mass is 334 g/mol. The minimum absolute atomic E-state index is 0.00695. The average Bonchev–Trinajstić information content (AvgIpc) is 3.19. The summed E-state index contributed by atoms with van der Waals surface area (Å²) in [7, 11) is 2.06. The molecule has 3 aromatic rings. The first-order valence-corrected chi connectivity index (χ1v) is 8.33. The summed E-state index contributed by atoms with van der Waals surface area (Å²) < 4.78 is 2.14. The molecule has 0 aliphatic carbocycles. The summed E-state index contributed by atoms with van der Waals surface area (Å²) in [6.07, 6.45) is 3.89. The molecule has 1 aliphatic heterocycles. The molecule has 2 atom stereocenters. The predicted molar refractivity (Wildman–Crippen MR) is 99.8 cm³/mol. The normalized spacial score (nSPS) is 20.2. The maximum absolute atomic E-state index is 5.67. The van der Waals surface area contributed by atoms with E-state index in [4.69, 9.17) is 12.2 Å². The molecule has 4 rings (SSSR count). The van der Waals surface area contributed by atoms with Crippen LogP contribution in [0.15, 0.2) is 73.1 Å². The maximum atomic E-state index is 5.67. The highest BCUT2D eigenvalue weighted by atomic mass is 32.1. The Bertz CT molecular complexity index is 844. The predicted octanol–water partition coefficient (Wildman–Crippen LogP) is 3.60. The number of benzene rings is 1. The van der Waals surface area contributed by atoms with Crippen molar-refractivity contribution in [2.45, 2.75) is 12.1 Å². The minimum atomic E-state index is 0.00695. The van der Waals surface area contributed by atoms with E-state index in [-0.39, 0.29) is 12.1 Å². The van der Waals surface area contributed by atoms with Gasteiger partial charge in [0.05, 0.1) is 11.7 Å². The Morgan fingerprint density at radius 1 is 1.00 bits per heavy atom. The fourth-order valence-corrected chi connectivity index (χ4v) is 3.65. The van der Waals surface area contributed by atoms with Crippen LogP contribution in [0.1, 0.15) is 23.5 Å². The summed E-state index contributed by atoms with van der Waals surface area (Å²) in [5, 5.41) is 4.19. The number of pyridine rings is 1. The van der Waals surface area contributed by atoms with Crippen LogP contribution in [0.2, 0.25) is 0 Å². The highest BCUT2D eigenvalue weighted by Gasteiger charge is 2.41. The van der Waals surface area contributed by atoms with Gasteiger partial charge in [-0.25, -0.2) is 0 Å². The fraction of sp³-hybridized carbons (Fsp3) is 0.158. The van der Waals surface area contributed by atoms with Crippen molar-refractivity contribution in [2.75, 3.05) is 4.90 Å². The van der Waals surface area contributed by atoms with Gasteiger partial charge in [0, 0.05) is 30.8 Å². The van der Waals surface area contributed by atoms with Crippen LogP contribution in [-0.2, 0) is 7.05 Å². The van der Waals surface area contributed by atoms with Gasteiger partial charge >= 0.3 is 0 Å². The van der Waals surface area contributed by atoms with Crippen molar-refractivity contribution in [2.24, 2.45) is 7.05 Å². The highest BCUT2D eigenvalue weighted by Crippen LogP contribution is 2.41. The zero-order valence-corrected chi connectivity index (χ0v) is 14.1. The molecule has 0 spiro atoms. The van der Waals surface area contributed by atoms with Crippen LogP contribution in [0.3, 0.4) is 0 Å². The van der Waals surface area contributed by atoms with Gasteiger partial charge in [0.2, 0.25) is 0 Å². The highest BCUT2D eigenvalue weighted by molar-refractivity contribution is 7.80. The number of nitrogens with zero attached hydrogens (tertiary/aromatic N) is 3. The molecule has 120 valence electrons. The van der Waals surface area contributed by atoms with Gasteiger partial charge in [-0.2, -0.15) is 0 Å². The molecule has 5 heteroatoms. The summed E-state index contributed by atoms with van der Waals surface area (Å²) in [4.78, 5) is 6.74. The molecule has 4 nitrogen and oxygen atoms in total. The Labute approximate surface area is 146 Å². The molecule has 1 N–H and O–H groups in total. The van der Waals surface area contributed by atoms with Gasteiger partial charge in [-0.15, -0.1) is 0 Å². The number of hydrogen-bond acceptors (Lipinski definition) is 2. The Morgan fingerprint density at radius 2 is 1.79 bits per heavy atom. The molecule has 3 heterocycles. The second kappa shape index (κ2) is 6.09. The third-order valence-electron chi connectivity index (χ3n) is 4.42. The van der Waals surface area contributed by atoms with Gasteiger partial charge in [-0.1, -0.05) is 24.3 Å². The van der Waals surface area contributed by atoms with Crippen LogP contribution >= 0.6 is 12.2 Å². The van der Waals surface area contributed by atoms with E-state index in [0.717, 1.165) is 16.5 Å². The van der Waals surface area contributed by atoms with Crippen LogP contribution in [0.4, 0.5) is 5.69 Å². The van der Waals surface area contributed by atoms with Gasteiger partial charge in [0.1, 0.15) is 6.04 Å². The van der Waals surface area contributed by atoms with E-state index in [1.807, 2.05) is 42.6 Å². The van der Waals surface area contributed by atoms with Gasteiger partial charge in [0.25, 0.3) is 0 Å². The van der Waals surface area contributed by atoms with Crippen molar-refractivity contribution in [3.8, 4) is 0 Å². The number of aryl methyl sites for hydroxylation is 1. The molecular weight excluding hydrogens is 316 g/mol. The first-order valence-electron chi connectivity index (χ1n) is 7.92. The van der Waals surface area contributed by atoms with Crippen LogP contribution in [-0.4, -0.2) is 14.7 Å². The molecule has 0 radical (unpaired) electrons. The molecule has 0 saturated carbocycles. The van der Waals surface area contributed by atoms with E-state index in [1.54, 1.807) is 0 Å². The van der Waals surface area contributed by atoms with Crippen molar-refractivity contribution in [1.82, 2.24) is 14.9 Å². The number of anilines is 1. The topological polar surface area (TPSA) is 33.1 Å². The van der Waals surface area contributed by atoms with Crippen molar-refractivity contribution in [3.63, 3.8) is 0 Å². The molecule has 0 amide bonds. The van der Waals surface area contributed by atoms with Gasteiger partial charge < -0.3 is 14.8 Å². The quantitative estimate of drug-likeness (QED) is 0.742. The van der Waals surface area contributed by atoms with Crippen molar-refractivity contribution < 1.29 is 0 Å². The van der Waals surface area contributed by atoms with Crippen molar-refractivity contribution >= 4 is 23.0 Å². The van der Waals surface area contributed by atoms with E-state index in [1.165, 1.54) is 5.69 Å². The number of hydrogen-bond donors (Lipinski definition) is 1. The Hall–Kier alpha value is -2.66. The standard InChI is InChI=1S/C19H18N4S/c1-22-13-7-11-16(22)18-17(15-10-5-6-12-20-15)21-19(24)23(18)14-8-3-2-4-9-14/h2-13,17-18H,1H3,(H,21,24)/t17-,18+/m1/s1. The third kappa shape index (κ3) is 2.47. The second-order valence-electron chi connectivity index (χ2n) is 5.88. The van der Waals surface area contributed by atoms with Crippen molar-refractivity contribution in [1.29, 1.82) is 0 Å². The molecule has 0 unspecified atom stereocenters. The van der Waals surface area contributed by atoms with Crippen LogP contribution < -0.4 is 10.2 Å². The van der Waals surface area contributed by atoms with Gasteiger partial charge in [-0.05, 0) is 48.6 Å². The largest absolute Gasteiger partial charge is 0.353 e. The SMILES string of the molecule is Cn1cccc1[C@H]1[C@@H](c2ccccn2)NC(=S)N1c1ccccc1. The first-order chi connectivity index (χ1) is 11.8. The lowest BCUT2D eigenvalue weighted by Gasteiger charge is -2.28. The molecule has 1 aliphatic rings. The second-order valence-corrected chi connectivity index (χ2v) is 6.26. The van der Waals surface area contributed by atoms with Gasteiger partial charge in [0.15, 0.2) is 5.11 Å². The maximum Gasteiger partial charge on any atom is 0.174 e. The van der Waals surface area contributed by atoms with Crippen LogP contribution in [0, 0.1) is 0 Å². The van der Waals surface area contributed by atoms with E-state index in [9.17, 15) is 0 Å². The lowest BCUT2D eigenvalue weighted by molar-refractivity contribution is 0.541. The molecular formula is C19H18N4S. The Balaban J connectivity index is 1.84. The smallest absolute Gasteiger partial charge is 0.174 e. The minimum Gasteiger partial charge on any atom is -0.353 e. The summed E-state index contributed by atoms with van der Waals surface area (Å²) in [5.41, 5.74) is 3.27. The Kier molecular flexibility index (Phi) is 3.78.